The molecule has 0 aromatic carbocycles. The molecule has 0 saturated carbocycles. The van der Waals surface area contributed by atoms with Crippen LogP contribution in [-0.2, 0) is 4.74 Å². The van der Waals surface area contributed by atoms with Gasteiger partial charge in [-0.25, -0.2) is 4.98 Å². The molecule has 0 fully saturated rings. The molecule has 1 heterocycles. The Morgan fingerprint density at radius 1 is 1.72 bits per heavy atom. The third kappa shape index (κ3) is 3.72. The first-order valence-corrected chi connectivity index (χ1v) is 5.78. The molecule has 0 saturated heterocycles. The van der Waals surface area contributed by atoms with Crippen LogP contribution >= 0.6 is 11.6 Å². The van der Waals surface area contributed by atoms with E-state index >= 15 is 0 Å². The number of carbonyl (C=O) groups excluding carboxylic acids is 1. The number of nitrogens with zero attached hydrogens (tertiary/aromatic N) is 2. The van der Waals surface area contributed by atoms with Crippen molar-refractivity contribution in [3.63, 3.8) is 0 Å². The van der Waals surface area contributed by atoms with Crippen molar-refractivity contribution in [2.75, 3.05) is 32.5 Å². The first kappa shape index (κ1) is 14.5. The van der Waals surface area contributed by atoms with E-state index in [1.54, 1.807) is 18.1 Å². The SMILES string of the molecule is C=CCN(CCOC)C(=O)c1cc(N)cnc1Cl. The number of carbonyl (C=O) groups is 1. The molecule has 0 aliphatic heterocycles. The van der Waals surface area contributed by atoms with Gasteiger partial charge in [0.2, 0.25) is 0 Å². The lowest BCUT2D eigenvalue weighted by molar-refractivity contribution is 0.0718. The highest BCUT2D eigenvalue weighted by Crippen LogP contribution is 2.17. The van der Waals surface area contributed by atoms with Crippen LogP contribution in [-0.4, -0.2) is 42.6 Å². The molecule has 0 aliphatic carbocycles. The minimum Gasteiger partial charge on any atom is -0.397 e. The number of aromatic nitrogens is 1. The van der Waals surface area contributed by atoms with Gasteiger partial charge in [0, 0.05) is 20.2 Å². The van der Waals surface area contributed by atoms with Crippen molar-refractivity contribution in [1.29, 1.82) is 0 Å². The Bertz CT molecular complexity index is 437. The molecule has 1 aromatic heterocycles. The number of nitrogens with two attached hydrogens (primary N) is 1. The average Bonchev–Trinajstić information content (AvgIpc) is 2.36. The Morgan fingerprint density at radius 2 is 2.44 bits per heavy atom. The molecular weight excluding hydrogens is 254 g/mol. The summed E-state index contributed by atoms with van der Waals surface area (Å²) in [7, 11) is 1.58. The highest BCUT2D eigenvalue weighted by molar-refractivity contribution is 6.32. The first-order valence-electron chi connectivity index (χ1n) is 5.40. The predicted octanol–water partition coefficient (Wildman–Crippen LogP) is 1.59. The van der Waals surface area contributed by atoms with Gasteiger partial charge in [-0.3, -0.25) is 4.79 Å². The van der Waals surface area contributed by atoms with E-state index in [2.05, 4.69) is 11.6 Å². The number of hydrogen-bond acceptors (Lipinski definition) is 4. The molecule has 0 radical (unpaired) electrons. The number of ether oxygens (including phenoxy) is 1. The number of halogens is 1. The third-order valence-electron chi connectivity index (χ3n) is 2.29. The Kier molecular flexibility index (Phi) is 5.61. The van der Waals surface area contributed by atoms with E-state index in [4.69, 9.17) is 22.1 Å². The zero-order chi connectivity index (χ0) is 13.5. The van der Waals surface area contributed by atoms with Crippen LogP contribution in [0.15, 0.2) is 24.9 Å². The molecular formula is C12H16ClN3O2. The second-order valence-corrected chi connectivity index (χ2v) is 4.00. The Hall–Kier alpha value is -1.59. The van der Waals surface area contributed by atoms with Crippen molar-refractivity contribution in [2.45, 2.75) is 0 Å². The van der Waals surface area contributed by atoms with Crippen LogP contribution in [0.4, 0.5) is 5.69 Å². The lowest BCUT2D eigenvalue weighted by atomic mass is 10.2. The van der Waals surface area contributed by atoms with Crippen LogP contribution in [0.25, 0.3) is 0 Å². The number of amides is 1. The molecule has 1 amide bonds. The summed E-state index contributed by atoms with van der Waals surface area (Å²) in [5, 5.41) is 0.140. The predicted molar refractivity (Wildman–Crippen MR) is 71.6 cm³/mol. The highest BCUT2D eigenvalue weighted by Gasteiger charge is 2.18. The minimum atomic E-state index is -0.239. The maximum absolute atomic E-state index is 12.3. The monoisotopic (exact) mass is 269 g/mol. The Morgan fingerprint density at radius 3 is 3.06 bits per heavy atom. The van der Waals surface area contributed by atoms with Gasteiger partial charge in [-0.2, -0.15) is 0 Å². The quantitative estimate of drug-likeness (QED) is 0.629. The van der Waals surface area contributed by atoms with E-state index in [9.17, 15) is 4.79 Å². The number of pyridine rings is 1. The molecule has 5 nitrogen and oxygen atoms in total. The van der Waals surface area contributed by atoms with E-state index in [1.807, 2.05) is 0 Å². The van der Waals surface area contributed by atoms with Crippen molar-refractivity contribution < 1.29 is 9.53 Å². The van der Waals surface area contributed by atoms with Crippen molar-refractivity contribution in [3.05, 3.63) is 35.6 Å². The van der Waals surface area contributed by atoms with Gasteiger partial charge in [0.05, 0.1) is 24.1 Å². The summed E-state index contributed by atoms with van der Waals surface area (Å²) in [4.78, 5) is 17.7. The lowest BCUT2D eigenvalue weighted by Crippen LogP contribution is -2.34. The van der Waals surface area contributed by atoms with Gasteiger partial charge < -0.3 is 15.4 Å². The minimum absolute atomic E-state index is 0.140. The van der Waals surface area contributed by atoms with Crippen LogP contribution < -0.4 is 5.73 Å². The average molecular weight is 270 g/mol. The molecule has 6 heteroatoms. The number of hydrogen-bond donors (Lipinski definition) is 1. The molecule has 0 unspecified atom stereocenters. The van der Waals surface area contributed by atoms with Gasteiger partial charge in [-0.1, -0.05) is 17.7 Å². The van der Waals surface area contributed by atoms with Gasteiger partial charge in [-0.15, -0.1) is 6.58 Å². The van der Waals surface area contributed by atoms with Crippen LogP contribution in [0.3, 0.4) is 0 Å². The van der Waals surface area contributed by atoms with E-state index in [0.717, 1.165) is 0 Å². The van der Waals surface area contributed by atoms with Crippen molar-refractivity contribution in [2.24, 2.45) is 0 Å². The van der Waals surface area contributed by atoms with Crippen molar-refractivity contribution in [3.8, 4) is 0 Å². The fraction of sp³-hybridized carbons (Fsp3) is 0.333. The molecule has 2 N–H and O–H groups in total. The summed E-state index contributed by atoms with van der Waals surface area (Å²) in [5.74, 6) is -0.239. The summed E-state index contributed by atoms with van der Waals surface area (Å²) >= 11 is 5.90. The smallest absolute Gasteiger partial charge is 0.257 e. The third-order valence-corrected chi connectivity index (χ3v) is 2.59. The van der Waals surface area contributed by atoms with E-state index in [1.165, 1.54) is 12.3 Å². The number of rotatable bonds is 6. The molecule has 18 heavy (non-hydrogen) atoms. The van der Waals surface area contributed by atoms with Gasteiger partial charge >= 0.3 is 0 Å². The Balaban J connectivity index is 2.93. The maximum Gasteiger partial charge on any atom is 0.257 e. The number of anilines is 1. The molecule has 0 aliphatic rings. The standard InChI is InChI=1S/C12H16ClN3O2/c1-3-4-16(5-6-18-2)12(17)10-7-9(14)8-15-11(10)13/h3,7-8H,1,4-6,14H2,2H3. The number of nitrogen functional groups attached to an aromatic ring is 1. The first-order chi connectivity index (χ1) is 8.60. The van der Waals surface area contributed by atoms with Crippen molar-refractivity contribution >= 4 is 23.2 Å². The summed E-state index contributed by atoms with van der Waals surface area (Å²) in [6, 6.07) is 1.51. The normalized spacial score (nSPS) is 10.1. The molecule has 0 spiro atoms. The van der Waals surface area contributed by atoms with Gasteiger partial charge in [0.1, 0.15) is 5.15 Å². The lowest BCUT2D eigenvalue weighted by Gasteiger charge is -2.21. The van der Waals surface area contributed by atoms with E-state index in [-0.39, 0.29) is 16.6 Å². The van der Waals surface area contributed by atoms with Crippen LogP contribution in [0.2, 0.25) is 5.15 Å². The van der Waals surface area contributed by atoms with Crippen LogP contribution in [0.1, 0.15) is 10.4 Å². The van der Waals surface area contributed by atoms with E-state index < -0.39 is 0 Å². The summed E-state index contributed by atoms with van der Waals surface area (Å²) in [6.07, 6.45) is 3.05. The fourth-order valence-electron chi connectivity index (χ4n) is 1.42. The topological polar surface area (TPSA) is 68.5 Å². The van der Waals surface area contributed by atoms with Crippen LogP contribution in [0, 0.1) is 0 Å². The number of methoxy groups -OCH3 is 1. The molecule has 0 bridgehead atoms. The van der Waals surface area contributed by atoms with Gasteiger partial charge in [-0.05, 0) is 6.07 Å². The van der Waals surface area contributed by atoms with Crippen LogP contribution in [0.5, 0.6) is 0 Å². The summed E-state index contributed by atoms with van der Waals surface area (Å²) in [5.41, 5.74) is 6.29. The van der Waals surface area contributed by atoms with Gasteiger partial charge in [0.25, 0.3) is 5.91 Å². The summed E-state index contributed by atoms with van der Waals surface area (Å²) < 4.78 is 4.96. The zero-order valence-corrected chi connectivity index (χ0v) is 11.0. The second-order valence-electron chi connectivity index (χ2n) is 3.64. The molecule has 0 atom stereocenters. The fourth-order valence-corrected chi connectivity index (χ4v) is 1.60. The van der Waals surface area contributed by atoms with Crippen molar-refractivity contribution in [1.82, 2.24) is 9.88 Å². The summed E-state index contributed by atoms with van der Waals surface area (Å²) in [6.45, 7) is 4.91. The molecule has 1 aromatic rings. The molecule has 98 valence electrons. The Labute approximate surface area is 111 Å². The van der Waals surface area contributed by atoms with E-state index in [0.29, 0.717) is 25.4 Å². The maximum atomic E-state index is 12.3. The second kappa shape index (κ2) is 6.98. The molecule has 1 rings (SSSR count). The highest BCUT2D eigenvalue weighted by atomic mass is 35.5. The largest absolute Gasteiger partial charge is 0.397 e. The zero-order valence-electron chi connectivity index (χ0n) is 10.2. The van der Waals surface area contributed by atoms with Gasteiger partial charge in [0.15, 0.2) is 0 Å².